The number of fused-ring (bicyclic) bond motifs is 2. The third-order valence-corrected chi connectivity index (χ3v) is 7.76. The van der Waals surface area contributed by atoms with Crippen molar-refractivity contribution in [2.45, 2.75) is 50.7 Å². The highest BCUT2D eigenvalue weighted by molar-refractivity contribution is 6.05. The summed E-state index contributed by atoms with van der Waals surface area (Å²) in [7, 11) is 0. The number of imide groups is 1. The van der Waals surface area contributed by atoms with Crippen LogP contribution in [0.25, 0.3) is 10.9 Å². The topological polar surface area (TPSA) is 82.6 Å². The first-order chi connectivity index (χ1) is 17.5. The molecule has 0 radical (unpaired) electrons. The summed E-state index contributed by atoms with van der Waals surface area (Å²) in [6.45, 7) is 2.89. The summed E-state index contributed by atoms with van der Waals surface area (Å²) in [6.07, 6.45) is 4.04. The molecule has 1 aromatic heterocycles. The molecule has 8 heteroatoms. The highest BCUT2D eigenvalue weighted by Gasteiger charge is 2.41. The van der Waals surface area contributed by atoms with Gasteiger partial charge >= 0.3 is 0 Å². The molecule has 2 saturated heterocycles. The number of nitrogens with zero attached hydrogens (tertiary/aromatic N) is 3. The van der Waals surface area contributed by atoms with Crippen LogP contribution in [-0.2, 0) is 22.7 Å². The van der Waals surface area contributed by atoms with E-state index >= 15 is 0 Å². The van der Waals surface area contributed by atoms with Crippen molar-refractivity contribution < 1.29 is 18.8 Å². The lowest BCUT2D eigenvalue weighted by Gasteiger charge is -2.33. The van der Waals surface area contributed by atoms with Gasteiger partial charge in [0.1, 0.15) is 11.9 Å². The Hall–Kier alpha value is -3.65. The average molecular weight is 487 g/mol. The van der Waals surface area contributed by atoms with Gasteiger partial charge in [-0.15, -0.1) is 0 Å². The number of rotatable bonds is 4. The first kappa shape index (κ1) is 22.8. The third kappa shape index (κ3) is 4.15. The summed E-state index contributed by atoms with van der Waals surface area (Å²) < 4.78 is 14.6. The monoisotopic (exact) mass is 486 g/mol. The van der Waals surface area contributed by atoms with Crippen molar-refractivity contribution in [3.8, 4) is 0 Å². The Kier molecular flexibility index (Phi) is 5.76. The van der Waals surface area contributed by atoms with Crippen LogP contribution in [0.5, 0.6) is 0 Å². The number of carbonyl (C=O) groups excluding carboxylic acids is 3. The van der Waals surface area contributed by atoms with E-state index in [0.29, 0.717) is 12.0 Å². The Morgan fingerprint density at radius 1 is 1.03 bits per heavy atom. The van der Waals surface area contributed by atoms with Crippen molar-refractivity contribution in [2.75, 3.05) is 13.1 Å². The molecule has 0 saturated carbocycles. The van der Waals surface area contributed by atoms with E-state index < -0.39 is 17.8 Å². The summed E-state index contributed by atoms with van der Waals surface area (Å²) in [6, 6.07) is 12.5. The van der Waals surface area contributed by atoms with Crippen molar-refractivity contribution in [2.24, 2.45) is 0 Å². The van der Waals surface area contributed by atoms with E-state index in [4.69, 9.17) is 0 Å². The second kappa shape index (κ2) is 9.09. The average Bonchev–Trinajstić information content (AvgIpc) is 3.20. The van der Waals surface area contributed by atoms with E-state index in [-0.39, 0.29) is 30.7 Å². The smallest absolute Gasteiger partial charge is 0.255 e. The van der Waals surface area contributed by atoms with Gasteiger partial charge in [-0.05, 0) is 85.3 Å². The molecule has 0 bridgehead atoms. The van der Waals surface area contributed by atoms with Crippen LogP contribution in [0, 0.1) is 5.82 Å². The number of piperidine rings is 2. The first-order valence-corrected chi connectivity index (χ1v) is 12.5. The van der Waals surface area contributed by atoms with Gasteiger partial charge in [0.05, 0.1) is 5.52 Å². The molecule has 2 aromatic carbocycles. The molecule has 1 unspecified atom stereocenters. The van der Waals surface area contributed by atoms with E-state index in [0.717, 1.165) is 54.5 Å². The molecule has 1 N–H and O–H groups in total. The van der Waals surface area contributed by atoms with Crippen molar-refractivity contribution in [1.29, 1.82) is 0 Å². The number of pyridine rings is 1. The molecular formula is C28H27FN4O3. The quantitative estimate of drug-likeness (QED) is 0.571. The standard InChI is InChI=1S/C28H27FN4O3/c29-20-13-21(23-16-33(28(36)22(23)14-20)25-5-6-26(34)31-27(25)35)18-7-10-32(11-8-18)15-17-3-4-24-19(12-17)2-1-9-30-24/h1-4,9,12-14,18,25H,5-8,10-11,15-16H2,(H,31,34,35). The molecule has 36 heavy (non-hydrogen) atoms. The van der Waals surface area contributed by atoms with Gasteiger partial charge < -0.3 is 4.90 Å². The van der Waals surface area contributed by atoms with Crippen LogP contribution in [0.15, 0.2) is 48.7 Å². The van der Waals surface area contributed by atoms with Crippen molar-refractivity contribution in [1.82, 2.24) is 20.1 Å². The van der Waals surface area contributed by atoms with Gasteiger partial charge in [0.15, 0.2) is 0 Å². The summed E-state index contributed by atoms with van der Waals surface area (Å²) in [5, 5.41) is 3.45. The minimum absolute atomic E-state index is 0.154. The Morgan fingerprint density at radius 3 is 2.67 bits per heavy atom. The van der Waals surface area contributed by atoms with Crippen LogP contribution in [0.3, 0.4) is 0 Å². The second-order valence-electron chi connectivity index (χ2n) is 10.0. The predicted octanol–water partition coefficient (Wildman–Crippen LogP) is 3.51. The maximum absolute atomic E-state index is 14.6. The maximum Gasteiger partial charge on any atom is 0.255 e. The maximum atomic E-state index is 14.6. The zero-order valence-corrected chi connectivity index (χ0v) is 19.9. The third-order valence-electron chi connectivity index (χ3n) is 7.76. The van der Waals surface area contributed by atoms with Crippen LogP contribution < -0.4 is 5.32 Å². The number of benzene rings is 2. The van der Waals surface area contributed by atoms with Crippen LogP contribution >= 0.6 is 0 Å². The number of aromatic nitrogens is 1. The van der Waals surface area contributed by atoms with Gasteiger partial charge in [0.2, 0.25) is 11.8 Å². The van der Waals surface area contributed by atoms with Gasteiger partial charge in [0.25, 0.3) is 5.91 Å². The molecule has 1 atom stereocenters. The molecule has 0 aliphatic carbocycles. The Balaban J connectivity index is 1.17. The number of hydrogen-bond acceptors (Lipinski definition) is 5. The fourth-order valence-corrected chi connectivity index (χ4v) is 5.90. The van der Waals surface area contributed by atoms with Crippen LogP contribution in [-0.4, -0.2) is 51.6 Å². The van der Waals surface area contributed by atoms with Crippen LogP contribution in [0.4, 0.5) is 4.39 Å². The lowest BCUT2D eigenvalue weighted by molar-refractivity contribution is -0.136. The van der Waals surface area contributed by atoms with Crippen molar-refractivity contribution >= 4 is 28.6 Å². The zero-order valence-electron chi connectivity index (χ0n) is 19.9. The minimum atomic E-state index is -0.697. The number of likely N-dealkylation sites (tertiary alicyclic amines) is 1. The van der Waals surface area contributed by atoms with Gasteiger partial charge in [-0.2, -0.15) is 0 Å². The molecule has 3 amide bonds. The van der Waals surface area contributed by atoms with Crippen LogP contribution in [0.2, 0.25) is 0 Å². The van der Waals surface area contributed by atoms with Gasteiger partial charge in [-0.3, -0.25) is 29.6 Å². The molecular weight excluding hydrogens is 459 g/mol. The normalized spacial score (nSPS) is 21.2. The van der Waals surface area contributed by atoms with E-state index in [1.807, 2.05) is 6.07 Å². The predicted molar refractivity (Wildman–Crippen MR) is 131 cm³/mol. The molecule has 4 heterocycles. The molecule has 6 rings (SSSR count). The summed E-state index contributed by atoms with van der Waals surface area (Å²) >= 11 is 0. The molecule has 3 aliphatic rings. The first-order valence-electron chi connectivity index (χ1n) is 12.5. The zero-order chi connectivity index (χ0) is 24.8. The van der Waals surface area contributed by atoms with Gasteiger partial charge in [-0.25, -0.2) is 4.39 Å². The van der Waals surface area contributed by atoms with E-state index in [1.54, 1.807) is 12.3 Å². The second-order valence-corrected chi connectivity index (χ2v) is 10.0. The molecule has 3 aromatic rings. The van der Waals surface area contributed by atoms with Gasteiger partial charge in [-0.1, -0.05) is 12.1 Å². The number of nitrogens with one attached hydrogen (secondary N) is 1. The van der Waals surface area contributed by atoms with E-state index in [9.17, 15) is 18.8 Å². The highest BCUT2D eigenvalue weighted by Crippen LogP contribution is 2.38. The van der Waals surface area contributed by atoms with Crippen molar-refractivity contribution in [3.63, 3.8) is 0 Å². The van der Waals surface area contributed by atoms with E-state index in [2.05, 4.69) is 39.5 Å². The minimum Gasteiger partial charge on any atom is -0.322 e. The molecule has 0 spiro atoms. The molecule has 3 aliphatic heterocycles. The Labute approximate surface area is 208 Å². The summed E-state index contributed by atoms with van der Waals surface area (Å²) in [5.41, 5.74) is 4.28. The number of hydrogen-bond donors (Lipinski definition) is 1. The lowest BCUT2D eigenvalue weighted by Crippen LogP contribution is -2.52. The fourth-order valence-electron chi connectivity index (χ4n) is 5.90. The Morgan fingerprint density at radius 2 is 1.86 bits per heavy atom. The summed E-state index contributed by atoms with van der Waals surface area (Å²) in [4.78, 5) is 45.4. The highest BCUT2D eigenvalue weighted by atomic mass is 19.1. The number of carbonyl (C=O) groups is 3. The van der Waals surface area contributed by atoms with Crippen molar-refractivity contribution in [3.05, 3.63) is 76.7 Å². The molecule has 7 nitrogen and oxygen atoms in total. The Bertz CT molecular complexity index is 1380. The molecule has 184 valence electrons. The number of amides is 3. The van der Waals surface area contributed by atoms with Gasteiger partial charge in [0, 0.05) is 36.7 Å². The molecule has 2 fully saturated rings. The number of halogens is 1. The summed E-state index contributed by atoms with van der Waals surface area (Å²) in [5.74, 6) is -1.37. The largest absolute Gasteiger partial charge is 0.322 e. The van der Waals surface area contributed by atoms with Crippen LogP contribution in [0.1, 0.15) is 58.6 Å². The van der Waals surface area contributed by atoms with E-state index in [1.165, 1.54) is 16.5 Å². The fraction of sp³-hybridized carbons (Fsp3) is 0.357. The lowest BCUT2D eigenvalue weighted by atomic mass is 9.85. The SMILES string of the molecule is O=C1CCC(N2Cc3c(cc(F)cc3C3CCN(Cc4ccc5ncccc5c4)CC3)C2=O)C(=O)N1.